The molecule has 0 radical (unpaired) electrons. The van der Waals surface area contributed by atoms with Crippen LogP contribution in [0, 0.1) is 0 Å². The van der Waals surface area contributed by atoms with Crippen LogP contribution in [0.15, 0.2) is 24.3 Å². The standard InChI is InChI=1S/C22H28N4O5S/c1-31-17-6-4-3-5-13(17)9-18(27)23-14-10-16-21(29)24-15-7-8-25(19(28)12-32-2)20(15)22(30)26(16)11-14/h3-6,14-16,20H,7-12H2,1-2H3,(H,23,27)(H,24,29). The Morgan fingerprint density at radius 1 is 1.28 bits per heavy atom. The number of fused-ring (bicyclic) bond motifs is 2. The quantitative estimate of drug-likeness (QED) is 0.608. The van der Waals surface area contributed by atoms with Gasteiger partial charge in [-0.2, -0.15) is 11.8 Å². The summed E-state index contributed by atoms with van der Waals surface area (Å²) >= 11 is 1.41. The highest BCUT2D eigenvalue weighted by Gasteiger charge is 2.52. The predicted octanol–water partition coefficient (Wildman–Crippen LogP) is -0.214. The van der Waals surface area contributed by atoms with Gasteiger partial charge in [0, 0.05) is 24.7 Å². The number of benzene rings is 1. The summed E-state index contributed by atoms with van der Waals surface area (Å²) < 4.78 is 5.30. The van der Waals surface area contributed by atoms with Crippen molar-refractivity contribution in [2.45, 2.75) is 43.4 Å². The van der Waals surface area contributed by atoms with Crippen LogP contribution in [0.2, 0.25) is 0 Å². The van der Waals surface area contributed by atoms with Crippen LogP contribution in [0.5, 0.6) is 5.75 Å². The van der Waals surface area contributed by atoms with Gasteiger partial charge in [0.25, 0.3) is 0 Å². The molecule has 4 rings (SSSR count). The minimum absolute atomic E-state index is 0.0908. The highest BCUT2D eigenvalue weighted by molar-refractivity contribution is 7.99. The van der Waals surface area contributed by atoms with Crippen molar-refractivity contribution in [3.63, 3.8) is 0 Å². The van der Waals surface area contributed by atoms with Gasteiger partial charge >= 0.3 is 0 Å². The molecule has 3 saturated heterocycles. The monoisotopic (exact) mass is 460 g/mol. The summed E-state index contributed by atoms with van der Waals surface area (Å²) in [6.45, 7) is 0.709. The number of rotatable bonds is 6. The van der Waals surface area contributed by atoms with E-state index >= 15 is 0 Å². The van der Waals surface area contributed by atoms with Gasteiger partial charge in [-0.05, 0) is 25.2 Å². The van der Waals surface area contributed by atoms with E-state index in [1.807, 2.05) is 24.5 Å². The molecule has 1 aromatic carbocycles. The van der Waals surface area contributed by atoms with Crippen LogP contribution in [0.25, 0.3) is 0 Å². The van der Waals surface area contributed by atoms with Gasteiger partial charge < -0.3 is 25.2 Å². The Morgan fingerprint density at radius 2 is 2.06 bits per heavy atom. The zero-order valence-electron chi connectivity index (χ0n) is 18.2. The molecule has 0 aromatic heterocycles. The van der Waals surface area contributed by atoms with E-state index < -0.39 is 12.1 Å². The van der Waals surface area contributed by atoms with E-state index in [4.69, 9.17) is 4.74 Å². The number of para-hydroxylation sites is 1. The summed E-state index contributed by atoms with van der Waals surface area (Å²) in [4.78, 5) is 54.5. The Kier molecular flexibility index (Phi) is 6.59. The summed E-state index contributed by atoms with van der Waals surface area (Å²) in [7, 11) is 1.56. The largest absolute Gasteiger partial charge is 0.496 e. The minimum atomic E-state index is -0.674. The number of amides is 4. The van der Waals surface area contributed by atoms with Gasteiger partial charge in [0.1, 0.15) is 17.8 Å². The maximum Gasteiger partial charge on any atom is 0.248 e. The van der Waals surface area contributed by atoms with Crippen LogP contribution in [-0.4, -0.2) is 89.8 Å². The number of ether oxygens (including phenoxy) is 1. The summed E-state index contributed by atoms with van der Waals surface area (Å²) in [5, 5.41) is 5.93. The molecule has 2 N–H and O–H groups in total. The third-order valence-electron chi connectivity index (χ3n) is 6.36. The lowest BCUT2D eigenvalue weighted by Gasteiger charge is -2.29. The van der Waals surface area contributed by atoms with Gasteiger partial charge in [-0.25, -0.2) is 0 Å². The fourth-order valence-corrected chi connectivity index (χ4v) is 5.33. The van der Waals surface area contributed by atoms with Crippen LogP contribution in [0.4, 0.5) is 0 Å². The maximum atomic E-state index is 13.4. The number of nitrogens with one attached hydrogen (secondary N) is 2. The Labute approximate surface area is 191 Å². The number of likely N-dealkylation sites (tertiary alicyclic amines) is 1. The van der Waals surface area contributed by atoms with Crippen LogP contribution >= 0.6 is 11.8 Å². The summed E-state index contributed by atoms with van der Waals surface area (Å²) in [6, 6.07) is 5.32. The lowest BCUT2D eigenvalue weighted by Crippen LogP contribution is -2.53. The van der Waals surface area contributed by atoms with Gasteiger partial charge in [-0.1, -0.05) is 18.2 Å². The fourth-order valence-electron chi connectivity index (χ4n) is 4.92. The number of carbonyl (C=O) groups is 4. The smallest absolute Gasteiger partial charge is 0.248 e. The molecule has 0 saturated carbocycles. The molecule has 1 aromatic rings. The predicted molar refractivity (Wildman–Crippen MR) is 119 cm³/mol. The highest BCUT2D eigenvalue weighted by atomic mass is 32.2. The van der Waals surface area contributed by atoms with Crippen molar-refractivity contribution in [2.75, 3.05) is 32.2 Å². The molecule has 0 spiro atoms. The number of thioether (sulfide) groups is 1. The maximum absolute atomic E-state index is 13.4. The second kappa shape index (κ2) is 9.40. The summed E-state index contributed by atoms with van der Waals surface area (Å²) in [5.41, 5.74) is 0.769. The van der Waals surface area contributed by atoms with Gasteiger partial charge in [-0.15, -0.1) is 0 Å². The van der Waals surface area contributed by atoms with Gasteiger partial charge in [0.15, 0.2) is 0 Å². The first-order valence-electron chi connectivity index (χ1n) is 10.7. The molecule has 3 fully saturated rings. The van der Waals surface area contributed by atoms with Gasteiger partial charge in [-0.3, -0.25) is 19.2 Å². The molecule has 3 aliphatic rings. The highest BCUT2D eigenvalue weighted by Crippen LogP contribution is 2.29. The van der Waals surface area contributed by atoms with Crippen molar-refractivity contribution in [3.8, 4) is 5.75 Å². The van der Waals surface area contributed by atoms with E-state index in [0.717, 1.165) is 5.56 Å². The zero-order chi connectivity index (χ0) is 22.8. The second-order valence-electron chi connectivity index (χ2n) is 8.36. The lowest BCUT2D eigenvalue weighted by atomic mass is 10.1. The number of nitrogens with zero attached hydrogens (tertiary/aromatic N) is 2. The average molecular weight is 461 g/mol. The molecule has 0 bridgehead atoms. The van der Waals surface area contributed by atoms with Crippen LogP contribution in [0.3, 0.4) is 0 Å². The SMILES string of the molecule is COc1ccccc1CC(=O)NC1CC2C(=O)NC3CCN(C(=O)CSC)C3C(=O)N2C1. The molecular formula is C22H28N4O5S. The Morgan fingerprint density at radius 3 is 2.81 bits per heavy atom. The van der Waals surface area contributed by atoms with E-state index in [1.54, 1.807) is 23.0 Å². The van der Waals surface area contributed by atoms with Crippen molar-refractivity contribution in [2.24, 2.45) is 0 Å². The second-order valence-corrected chi connectivity index (χ2v) is 9.23. The van der Waals surface area contributed by atoms with E-state index in [-0.39, 0.29) is 48.7 Å². The molecular weight excluding hydrogens is 432 g/mol. The lowest BCUT2D eigenvalue weighted by molar-refractivity contribution is -0.143. The Bertz CT molecular complexity index is 925. The van der Waals surface area contributed by atoms with Crippen molar-refractivity contribution in [1.82, 2.24) is 20.4 Å². The third-order valence-corrected chi connectivity index (χ3v) is 6.90. The number of hydrogen-bond acceptors (Lipinski definition) is 6. The number of methoxy groups -OCH3 is 1. The molecule has 10 heteroatoms. The fraction of sp³-hybridized carbons (Fsp3) is 0.545. The van der Waals surface area contributed by atoms with E-state index in [0.29, 0.717) is 30.9 Å². The van der Waals surface area contributed by atoms with Crippen LogP contribution in [0.1, 0.15) is 18.4 Å². The first-order valence-corrected chi connectivity index (χ1v) is 12.1. The normalized spacial score (nSPS) is 26.8. The average Bonchev–Trinajstić information content (AvgIpc) is 3.36. The zero-order valence-corrected chi connectivity index (χ0v) is 19.0. The first kappa shape index (κ1) is 22.4. The Hall–Kier alpha value is -2.75. The van der Waals surface area contributed by atoms with Crippen LogP contribution in [-0.2, 0) is 25.6 Å². The third kappa shape index (κ3) is 4.28. The summed E-state index contributed by atoms with van der Waals surface area (Å²) in [6.07, 6.45) is 2.92. The topological polar surface area (TPSA) is 108 Å². The first-order chi connectivity index (χ1) is 15.4. The van der Waals surface area contributed by atoms with E-state index in [9.17, 15) is 19.2 Å². The molecule has 4 unspecified atom stereocenters. The molecule has 4 atom stereocenters. The molecule has 9 nitrogen and oxygen atoms in total. The molecule has 3 heterocycles. The van der Waals surface area contributed by atoms with Crippen LogP contribution < -0.4 is 15.4 Å². The molecule has 0 aliphatic carbocycles. The van der Waals surface area contributed by atoms with Crippen molar-refractivity contribution < 1.29 is 23.9 Å². The Balaban J connectivity index is 1.44. The van der Waals surface area contributed by atoms with Crippen molar-refractivity contribution >= 4 is 35.4 Å². The van der Waals surface area contributed by atoms with E-state index in [1.165, 1.54) is 11.8 Å². The van der Waals surface area contributed by atoms with Gasteiger partial charge in [0.05, 0.1) is 25.3 Å². The van der Waals surface area contributed by atoms with Crippen molar-refractivity contribution in [1.29, 1.82) is 0 Å². The number of hydrogen-bond donors (Lipinski definition) is 2. The molecule has 32 heavy (non-hydrogen) atoms. The van der Waals surface area contributed by atoms with E-state index in [2.05, 4.69) is 10.6 Å². The molecule has 3 aliphatic heterocycles. The van der Waals surface area contributed by atoms with Gasteiger partial charge in [0.2, 0.25) is 23.6 Å². The number of carbonyl (C=O) groups excluding carboxylic acids is 4. The van der Waals surface area contributed by atoms with Crippen molar-refractivity contribution in [3.05, 3.63) is 29.8 Å². The summed E-state index contributed by atoms with van der Waals surface area (Å²) in [5.74, 6) is 0.223. The molecule has 4 amide bonds. The minimum Gasteiger partial charge on any atom is -0.496 e. The molecule has 172 valence electrons.